The first-order chi connectivity index (χ1) is 3.84. The highest BCUT2D eigenvalue weighted by Gasteiger charge is 2.31. The van der Waals surface area contributed by atoms with Gasteiger partial charge >= 0.3 is 0 Å². The van der Waals surface area contributed by atoms with Crippen molar-refractivity contribution in [1.29, 1.82) is 0 Å². The van der Waals surface area contributed by atoms with E-state index in [9.17, 15) is 0 Å². The molecule has 8 heavy (non-hydrogen) atoms. The Morgan fingerprint density at radius 3 is 2.62 bits per heavy atom. The van der Waals surface area contributed by atoms with Crippen molar-refractivity contribution >= 4 is 0 Å². The Labute approximate surface area is 50.7 Å². The summed E-state index contributed by atoms with van der Waals surface area (Å²) in [6.07, 6.45) is 3.66. The van der Waals surface area contributed by atoms with Crippen molar-refractivity contribution in [2.45, 2.75) is 26.2 Å². The highest BCUT2D eigenvalue weighted by molar-refractivity contribution is 4.81. The van der Waals surface area contributed by atoms with Gasteiger partial charge in [-0.2, -0.15) is 0 Å². The van der Waals surface area contributed by atoms with Crippen LogP contribution in [0.5, 0.6) is 0 Å². The molecule has 1 fully saturated rings. The van der Waals surface area contributed by atoms with Crippen LogP contribution in [0, 0.1) is 11.8 Å². The monoisotopic (exact) mass is 114 g/mol. The topological polar surface area (TPSA) is 20.2 Å². The molecule has 0 aromatic carbocycles. The van der Waals surface area contributed by atoms with Crippen molar-refractivity contribution in [3.8, 4) is 0 Å². The SMILES string of the molecule is CC1CC1CCCO. The van der Waals surface area contributed by atoms with Gasteiger partial charge in [0.25, 0.3) is 0 Å². The van der Waals surface area contributed by atoms with Crippen LogP contribution in [0.25, 0.3) is 0 Å². The van der Waals surface area contributed by atoms with Crippen molar-refractivity contribution in [3.05, 3.63) is 0 Å². The molecule has 1 heteroatoms. The minimum absolute atomic E-state index is 0.378. The Balaban J connectivity index is 1.89. The second-order valence-corrected chi connectivity index (χ2v) is 2.84. The molecular formula is C7H14O. The Hall–Kier alpha value is -0.0400. The fraction of sp³-hybridized carbons (Fsp3) is 1.00. The average molecular weight is 114 g/mol. The summed E-state index contributed by atoms with van der Waals surface area (Å²) in [7, 11) is 0. The first kappa shape index (κ1) is 6.09. The Morgan fingerprint density at radius 2 is 2.25 bits per heavy atom. The van der Waals surface area contributed by atoms with Gasteiger partial charge in [-0.3, -0.25) is 0 Å². The van der Waals surface area contributed by atoms with Crippen molar-refractivity contribution in [1.82, 2.24) is 0 Å². The summed E-state index contributed by atoms with van der Waals surface area (Å²) in [4.78, 5) is 0. The van der Waals surface area contributed by atoms with E-state index in [1.165, 1.54) is 12.8 Å². The number of aliphatic hydroxyl groups is 1. The van der Waals surface area contributed by atoms with Gasteiger partial charge in [-0.25, -0.2) is 0 Å². The quantitative estimate of drug-likeness (QED) is 0.588. The lowest BCUT2D eigenvalue weighted by Gasteiger charge is -1.90. The van der Waals surface area contributed by atoms with Crippen LogP contribution in [0.4, 0.5) is 0 Å². The molecule has 0 spiro atoms. The molecule has 1 rings (SSSR count). The minimum Gasteiger partial charge on any atom is -0.396 e. The zero-order valence-corrected chi connectivity index (χ0v) is 5.43. The zero-order chi connectivity index (χ0) is 5.98. The summed E-state index contributed by atoms with van der Waals surface area (Å²) in [5.74, 6) is 1.92. The third kappa shape index (κ3) is 1.48. The molecule has 0 saturated heterocycles. The summed E-state index contributed by atoms with van der Waals surface area (Å²) in [5.41, 5.74) is 0. The third-order valence-corrected chi connectivity index (χ3v) is 2.01. The second kappa shape index (κ2) is 2.49. The Kier molecular flexibility index (Phi) is 1.90. The first-order valence-electron chi connectivity index (χ1n) is 3.45. The average Bonchev–Trinajstić information content (AvgIpc) is 2.42. The van der Waals surface area contributed by atoms with Gasteiger partial charge in [-0.1, -0.05) is 6.92 Å². The van der Waals surface area contributed by atoms with Crippen LogP contribution in [-0.4, -0.2) is 11.7 Å². The molecule has 1 aliphatic rings. The molecule has 2 unspecified atom stereocenters. The van der Waals surface area contributed by atoms with Gasteiger partial charge in [0, 0.05) is 6.61 Å². The standard InChI is InChI=1S/C7H14O/c1-6-5-7(6)3-2-4-8/h6-8H,2-5H2,1H3. The van der Waals surface area contributed by atoms with Gasteiger partial charge in [0.15, 0.2) is 0 Å². The normalized spacial score (nSPS) is 35.2. The highest BCUT2D eigenvalue weighted by Crippen LogP contribution is 2.40. The second-order valence-electron chi connectivity index (χ2n) is 2.84. The van der Waals surface area contributed by atoms with Gasteiger partial charge in [0.05, 0.1) is 0 Å². The molecule has 1 aliphatic carbocycles. The van der Waals surface area contributed by atoms with Crippen LogP contribution < -0.4 is 0 Å². The number of hydrogen-bond acceptors (Lipinski definition) is 1. The van der Waals surface area contributed by atoms with E-state index in [0.717, 1.165) is 18.3 Å². The Morgan fingerprint density at radius 1 is 1.62 bits per heavy atom. The molecule has 0 radical (unpaired) electrons. The van der Waals surface area contributed by atoms with E-state index in [4.69, 9.17) is 5.11 Å². The smallest absolute Gasteiger partial charge is 0.0431 e. The molecule has 0 aromatic heterocycles. The number of aliphatic hydroxyl groups excluding tert-OH is 1. The fourth-order valence-corrected chi connectivity index (χ4v) is 1.15. The van der Waals surface area contributed by atoms with E-state index >= 15 is 0 Å². The van der Waals surface area contributed by atoms with E-state index in [1.54, 1.807) is 0 Å². The largest absolute Gasteiger partial charge is 0.396 e. The molecular weight excluding hydrogens is 100 g/mol. The van der Waals surface area contributed by atoms with Crippen molar-refractivity contribution in [2.75, 3.05) is 6.61 Å². The van der Waals surface area contributed by atoms with Gasteiger partial charge in [0.2, 0.25) is 0 Å². The maximum absolute atomic E-state index is 8.43. The molecule has 1 N–H and O–H groups in total. The molecule has 48 valence electrons. The van der Waals surface area contributed by atoms with Crippen LogP contribution in [0.2, 0.25) is 0 Å². The first-order valence-corrected chi connectivity index (χ1v) is 3.45. The van der Waals surface area contributed by atoms with Crippen molar-refractivity contribution < 1.29 is 5.11 Å². The molecule has 0 aromatic rings. The molecule has 1 nitrogen and oxygen atoms in total. The summed E-state index contributed by atoms with van der Waals surface area (Å²) >= 11 is 0. The van der Waals surface area contributed by atoms with E-state index in [1.807, 2.05) is 0 Å². The van der Waals surface area contributed by atoms with Crippen LogP contribution in [0.1, 0.15) is 26.2 Å². The third-order valence-electron chi connectivity index (χ3n) is 2.01. The van der Waals surface area contributed by atoms with Gasteiger partial charge in [0.1, 0.15) is 0 Å². The van der Waals surface area contributed by atoms with E-state index < -0.39 is 0 Å². The van der Waals surface area contributed by atoms with E-state index in [0.29, 0.717) is 6.61 Å². The van der Waals surface area contributed by atoms with Crippen LogP contribution in [0.3, 0.4) is 0 Å². The maximum atomic E-state index is 8.43. The van der Waals surface area contributed by atoms with Crippen LogP contribution in [0.15, 0.2) is 0 Å². The zero-order valence-electron chi connectivity index (χ0n) is 5.43. The molecule has 0 heterocycles. The molecule has 2 atom stereocenters. The van der Waals surface area contributed by atoms with Gasteiger partial charge < -0.3 is 5.11 Å². The summed E-state index contributed by atoms with van der Waals surface area (Å²) in [6, 6.07) is 0. The summed E-state index contributed by atoms with van der Waals surface area (Å²) in [6.45, 7) is 2.66. The van der Waals surface area contributed by atoms with Crippen molar-refractivity contribution in [3.63, 3.8) is 0 Å². The lowest BCUT2D eigenvalue weighted by molar-refractivity contribution is 0.280. The lowest BCUT2D eigenvalue weighted by atomic mass is 10.2. The molecule has 0 bridgehead atoms. The fourth-order valence-electron chi connectivity index (χ4n) is 1.15. The number of hydrogen-bond donors (Lipinski definition) is 1. The van der Waals surface area contributed by atoms with Crippen LogP contribution >= 0.6 is 0 Å². The van der Waals surface area contributed by atoms with Crippen molar-refractivity contribution in [2.24, 2.45) is 11.8 Å². The van der Waals surface area contributed by atoms with Gasteiger partial charge in [-0.05, 0) is 31.1 Å². The van der Waals surface area contributed by atoms with E-state index in [2.05, 4.69) is 6.92 Å². The van der Waals surface area contributed by atoms with Crippen LogP contribution in [-0.2, 0) is 0 Å². The molecule has 0 amide bonds. The Bertz CT molecular complexity index is 70.8. The maximum Gasteiger partial charge on any atom is 0.0431 e. The van der Waals surface area contributed by atoms with E-state index in [-0.39, 0.29) is 0 Å². The molecule has 0 aliphatic heterocycles. The minimum atomic E-state index is 0.378. The predicted molar refractivity (Wildman–Crippen MR) is 33.6 cm³/mol. The predicted octanol–water partition coefficient (Wildman–Crippen LogP) is 1.41. The molecule has 1 saturated carbocycles. The lowest BCUT2D eigenvalue weighted by Crippen LogP contribution is -1.84. The summed E-state index contributed by atoms with van der Waals surface area (Å²) in [5, 5.41) is 8.43. The highest BCUT2D eigenvalue weighted by atomic mass is 16.2. The summed E-state index contributed by atoms with van der Waals surface area (Å²) < 4.78 is 0. The number of rotatable bonds is 3. The van der Waals surface area contributed by atoms with Gasteiger partial charge in [-0.15, -0.1) is 0 Å².